The van der Waals surface area contributed by atoms with Crippen molar-refractivity contribution in [3.05, 3.63) is 65.9 Å². The van der Waals surface area contributed by atoms with Crippen LogP contribution in [-0.2, 0) is 24.2 Å². The van der Waals surface area contributed by atoms with E-state index < -0.39 is 0 Å². The van der Waals surface area contributed by atoms with E-state index in [0.29, 0.717) is 31.3 Å². The van der Waals surface area contributed by atoms with Crippen LogP contribution in [0.2, 0.25) is 0 Å². The van der Waals surface area contributed by atoms with Gasteiger partial charge in [-0.15, -0.1) is 0 Å². The molecule has 3 aromatic rings. The summed E-state index contributed by atoms with van der Waals surface area (Å²) in [5, 5.41) is 6.76. The maximum atomic E-state index is 12.3. The zero-order valence-electron chi connectivity index (χ0n) is 16.0. The van der Waals surface area contributed by atoms with Crippen LogP contribution in [0.3, 0.4) is 0 Å². The summed E-state index contributed by atoms with van der Waals surface area (Å²) in [4.78, 5) is 22.4. The Morgan fingerprint density at radius 2 is 2.14 bits per heavy atom. The predicted molar refractivity (Wildman–Crippen MR) is 103 cm³/mol. The second-order valence-electron chi connectivity index (χ2n) is 6.28. The van der Waals surface area contributed by atoms with Crippen molar-refractivity contribution in [1.29, 1.82) is 0 Å². The fourth-order valence-corrected chi connectivity index (χ4v) is 2.61. The Morgan fingerprint density at radius 3 is 2.93 bits per heavy atom. The van der Waals surface area contributed by atoms with Crippen LogP contribution in [-0.4, -0.2) is 46.8 Å². The summed E-state index contributed by atoms with van der Waals surface area (Å²) in [5.74, 6) is 0.956. The van der Waals surface area contributed by atoms with E-state index in [1.54, 1.807) is 20.4 Å². The first-order chi connectivity index (χ1) is 13.7. The van der Waals surface area contributed by atoms with Crippen LogP contribution in [0.15, 0.2) is 53.2 Å². The standard InChI is InChI=1S/C20H23N5O3/c1-25(14-19-23-18(24-28-19)9-11-27-2)20(26)22-13-15-6-5-7-16(12-15)17-8-3-4-10-21-17/h3-8,10,12H,9,11,13-14H2,1-2H3,(H,22,26). The molecule has 3 rings (SSSR count). The number of hydrogen-bond acceptors (Lipinski definition) is 6. The second kappa shape index (κ2) is 9.61. The van der Waals surface area contributed by atoms with Crippen molar-refractivity contribution >= 4 is 6.03 Å². The highest BCUT2D eigenvalue weighted by Gasteiger charge is 2.14. The number of carbonyl (C=O) groups is 1. The molecule has 0 bridgehead atoms. The van der Waals surface area contributed by atoms with Crippen LogP contribution in [0.25, 0.3) is 11.3 Å². The minimum Gasteiger partial charge on any atom is -0.384 e. The molecule has 0 aliphatic heterocycles. The summed E-state index contributed by atoms with van der Waals surface area (Å²) in [6.45, 7) is 1.17. The van der Waals surface area contributed by atoms with E-state index >= 15 is 0 Å². The van der Waals surface area contributed by atoms with Crippen molar-refractivity contribution in [3.63, 3.8) is 0 Å². The third kappa shape index (κ3) is 5.37. The van der Waals surface area contributed by atoms with Gasteiger partial charge in [0.15, 0.2) is 5.82 Å². The van der Waals surface area contributed by atoms with Gasteiger partial charge >= 0.3 is 6.03 Å². The van der Waals surface area contributed by atoms with E-state index in [1.165, 1.54) is 4.90 Å². The van der Waals surface area contributed by atoms with Gasteiger partial charge in [0, 0.05) is 38.9 Å². The molecule has 0 unspecified atom stereocenters. The number of ether oxygens (including phenoxy) is 1. The van der Waals surface area contributed by atoms with Gasteiger partial charge in [0.1, 0.15) is 6.54 Å². The maximum Gasteiger partial charge on any atom is 0.317 e. The van der Waals surface area contributed by atoms with Crippen LogP contribution in [0.5, 0.6) is 0 Å². The van der Waals surface area contributed by atoms with Gasteiger partial charge in [-0.3, -0.25) is 4.98 Å². The van der Waals surface area contributed by atoms with Gasteiger partial charge in [-0.05, 0) is 23.8 Å². The van der Waals surface area contributed by atoms with Crippen molar-refractivity contribution < 1.29 is 14.1 Å². The Kier molecular flexibility index (Phi) is 6.69. The lowest BCUT2D eigenvalue weighted by Gasteiger charge is -2.16. The molecule has 8 heteroatoms. The van der Waals surface area contributed by atoms with Crippen molar-refractivity contribution in [2.24, 2.45) is 0 Å². The molecule has 0 saturated carbocycles. The third-order valence-corrected chi connectivity index (χ3v) is 4.09. The summed E-state index contributed by atoms with van der Waals surface area (Å²) in [6, 6.07) is 13.5. The van der Waals surface area contributed by atoms with Crippen molar-refractivity contribution in [2.45, 2.75) is 19.5 Å². The molecular formula is C20H23N5O3. The topological polar surface area (TPSA) is 93.4 Å². The lowest BCUT2D eigenvalue weighted by Crippen LogP contribution is -2.36. The number of amides is 2. The first-order valence-electron chi connectivity index (χ1n) is 8.95. The number of urea groups is 1. The molecule has 0 spiro atoms. The summed E-state index contributed by atoms with van der Waals surface area (Å²) >= 11 is 0. The van der Waals surface area contributed by atoms with Gasteiger partial charge in [-0.25, -0.2) is 4.79 Å². The summed E-state index contributed by atoms with van der Waals surface area (Å²) < 4.78 is 10.1. The number of nitrogens with zero attached hydrogens (tertiary/aromatic N) is 4. The van der Waals surface area contributed by atoms with E-state index in [1.807, 2.05) is 42.5 Å². The first-order valence-corrected chi connectivity index (χ1v) is 8.95. The van der Waals surface area contributed by atoms with Gasteiger partial charge in [-0.1, -0.05) is 29.4 Å². The Balaban J connectivity index is 1.53. The molecule has 28 heavy (non-hydrogen) atoms. The van der Waals surface area contributed by atoms with Gasteiger partial charge in [-0.2, -0.15) is 4.98 Å². The monoisotopic (exact) mass is 381 g/mol. The third-order valence-electron chi connectivity index (χ3n) is 4.09. The first kappa shape index (κ1) is 19.5. The van der Waals surface area contributed by atoms with Crippen molar-refractivity contribution in [2.75, 3.05) is 20.8 Å². The van der Waals surface area contributed by atoms with Crippen molar-refractivity contribution in [3.8, 4) is 11.3 Å². The molecule has 1 aromatic carbocycles. The number of pyridine rings is 1. The Bertz CT molecular complexity index is 898. The average molecular weight is 381 g/mol. The van der Waals surface area contributed by atoms with Crippen LogP contribution in [0.4, 0.5) is 4.79 Å². The Morgan fingerprint density at radius 1 is 1.25 bits per heavy atom. The molecule has 2 aromatic heterocycles. The molecule has 2 heterocycles. The normalized spacial score (nSPS) is 10.6. The van der Waals surface area contributed by atoms with E-state index in [9.17, 15) is 4.79 Å². The highest BCUT2D eigenvalue weighted by molar-refractivity contribution is 5.73. The van der Waals surface area contributed by atoms with E-state index in [2.05, 4.69) is 20.4 Å². The molecule has 0 radical (unpaired) electrons. The number of hydrogen-bond donors (Lipinski definition) is 1. The minimum absolute atomic E-state index is 0.222. The molecule has 0 atom stereocenters. The van der Waals surface area contributed by atoms with Crippen molar-refractivity contribution in [1.82, 2.24) is 25.3 Å². The predicted octanol–water partition coefficient (Wildman–Crippen LogP) is 2.66. The maximum absolute atomic E-state index is 12.3. The fourth-order valence-electron chi connectivity index (χ4n) is 2.61. The number of carbonyl (C=O) groups excluding carboxylic acids is 1. The number of methoxy groups -OCH3 is 1. The number of benzene rings is 1. The molecule has 0 aliphatic carbocycles. The average Bonchev–Trinajstić information content (AvgIpc) is 3.18. The summed E-state index contributed by atoms with van der Waals surface area (Å²) in [7, 11) is 3.30. The minimum atomic E-state index is -0.222. The van der Waals surface area contributed by atoms with Crippen LogP contribution in [0, 0.1) is 0 Å². The quantitative estimate of drug-likeness (QED) is 0.645. The van der Waals surface area contributed by atoms with E-state index in [0.717, 1.165) is 16.8 Å². The zero-order chi connectivity index (χ0) is 19.8. The van der Waals surface area contributed by atoms with Gasteiger partial charge < -0.3 is 19.5 Å². The molecule has 146 valence electrons. The van der Waals surface area contributed by atoms with E-state index in [-0.39, 0.29) is 12.6 Å². The van der Waals surface area contributed by atoms with Gasteiger partial charge in [0.05, 0.1) is 12.3 Å². The van der Waals surface area contributed by atoms with E-state index in [4.69, 9.17) is 9.26 Å². The lowest BCUT2D eigenvalue weighted by atomic mass is 10.1. The smallest absolute Gasteiger partial charge is 0.317 e. The molecule has 8 nitrogen and oxygen atoms in total. The highest BCUT2D eigenvalue weighted by Crippen LogP contribution is 2.17. The Hall–Kier alpha value is -3.26. The highest BCUT2D eigenvalue weighted by atomic mass is 16.5. The summed E-state index contributed by atoms with van der Waals surface area (Å²) in [6.07, 6.45) is 2.33. The number of nitrogens with one attached hydrogen (secondary N) is 1. The fraction of sp³-hybridized carbons (Fsp3) is 0.300. The molecule has 0 fully saturated rings. The molecule has 0 aliphatic rings. The van der Waals surface area contributed by atoms with Gasteiger partial charge in [0.25, 0.3) is 0 Å². The number of aromatic nitrogens is 3. The molecule has 1 N–H and O–H groups in total. The molecule has 2 amide bonds. The lowest BCUT2D eigenvalue weighted by molar-refractivity contribution is 0.198. The summed E-state index contributed by atoms with van der Waals surface area (Å²) in [5.41, 5.74) is 2.90. The largest absolute Gasteiger partial charge is 0.384 e. The van der Waals surface area contributed by atoms with Crippen LogP contribution < -0.4 is 5.32 Å². The number of rotatable bonds is 8. The SMILES string of the molecule is COCCc1noc(CN(C)C(=O)NCc2cccc(-c3ccccn3)c2)n1. The molecular weight excluding hydrogens is 358 g/mol. The Labute approximate surface area is 163 Å². The zero-order valence-corrected chi connectivity index (χ0v) is 16.0. The van der Waals surface area contributed by atoms with Gasteiger partial charge in [0.2, 0.25) is 5.89 Å². The molecule has 0 saturated heterocycles. The van der Waals surface area contributed by atoms with Crippen LogP contribution >= 0.6 is 0 Å². The van der Waals surface area contributed by atoms with Crippen LogP contribution in [0.1, 0.15) is 17.3 Å². The second-order valence-corrected chi connectivity index (χ2v) is 6.28.